The van der Waals surface area contributed by atoms with Gasteiger partial charge >= 0.3 is 0 Å². The van der Waals surface area contributed by atoms with Crippen molar-refractivity contribution < 1.29 is 4.74 Å². The topological polar surface area (TPSA) is 37.4 Å². The van der Waals surface area contributed by atoms with Gasteiger partial charge in [-0.3, -0.25) is 0 Å². The summed E-state index contributed by atoms with van der Waals surface area (Å²) in [6.45, 7) is 8.07. The molecule has 0 spiro atoms. The summed E-state index contributed by atoms with van der Waals surface area (Å²) in [5.74, 6) is 1.63. The Morgan fingerprint density at radius 2 is 2.35 bits per heavy atom. The number of methoxy groups -OCH3 is 1. The zero-order valence-corrected chi connectivity index (χ0v) is 13.3. The highest BCUT2D eigenvalue weighted by Gasteiger charge is 2.23. The molecule has 1 fully saturated rings. The number of rotatable bonds is 6. The molecule has 0 aromatic carbocycles. The molecule has 0 aliphatic carbocycles. The molecular formula is C15H24ClN3O. The standard InChI is InChI=1S/C15H24ClN3O/c1-11(2)7-17-8-12-6-15(18-9-14(12)16)19-5-4-13(10-19)20-3/h6,9,11,13,17H,4-5,7-8,10H2,1-3H3. The van der Waals surface area contributed by atoms with E-state index in [1.165, 1.54) is 0 Å². The van der Waals surface area contributed by atoms with E-state index in [0.29, 0.717) is 12.0 Å². The lowest BCUT2D eigenvalue weighted by atomic mass is 10.2. The normalized spacial score (nSPS) is 19.1. The largest absolute Gasteiger partial charge is 0.380 e. The number of ether oxygens (including phenoxy) is 1. The minimum atomic E-state index is 0.315. The average molecular weight is 298 g/mol. The van der Waals surface area contributed by atoms with Crippen LogP contribution in [0.25, 0.3) is 0 Å². The Hall–Kier alpha value is -0.840. The van der Waals surface area contributed by atoms with Gasteiger partial charge in [-0.2, -0.15) is 0 Å². The van der Waals surface area contributed by atoms with Crippen LogP contribution in [0.5, 0.6) is 0 Å². The molecule has 4 nitrogen and oxygen atoms in total. The Morgan fingerprint density at radius 3 is 3.00 bits per heavy atom. The Bertz CT molecular complexity index is 439. The first kappa shape index (κ1) is 15.5. The smallest absolute Gasteiger partial charge is 0.128 e. The molecule has 5 heteroatoms. The number of anilines is 1. The molecule has 1 aromatic heterocycles. The first-order valence-corrected chi connectivity index (χ1v) is 7.60. The molecule has 2 heterocycles. The monoisotopic (exact) mass is 297 g/mol. The highest BCUT2D eigenvalue weighted by molar-refractivity contribution is 6.31. The molecule has 1 atom stereocenters. The highest BCUT2D eigenvalue weighted by Crippen LogP contribution is 2.24. The van der Waals surface area contributed by atoms with Crippen LogP contribution in [0.4, 0.5) is 5.82 Å². The fraction of sp³-hybridized carbons (Fsp3) is 0.667. The lowest BCUT2D eigenvalue weighted by Gasteiger charge is -2.18. The maximum absolute atomic E-state index is 6.23. The van der Waals surface area contributed by atoms with Crippen LogP contribution in [0.15, 0.2) is 12.3 Å². The van der Waals surface area contributed by atoms with Crippen molar-refractivity contribution in [3.05, 3.63) is 22.8 Å². The van der Waals surface area contributed by atoms with Gasteiger partial charge in [0.1, 0.15) is 5.82 Å². The molecule has 1 aliphatic rings. The fourth-order valence-electron chi connectivity index (χ4n) is 2.40. The zero-order valence-electron chi connectivity index (χ0n) is 12.5. The summed E-state index contributed by atoms with van der Waals surface area (Å²) in [5.41, 5.74) is 1.11. The molecule has 0 bridgehead atoms. The lowest BCUT2D eigenvalue weighted by molar-refractivity contribution is 0.121. The van der Waals surface area contributed by atoms with Crippen molar-refractivity contribution in [2.45, 2.75) is 32.9 Å². The van der Waals surface area contributed by atoms with E-state index in [4.69, 9.17) is 16.3 Å². The summed E-state index contributed by atoms with van der Waals surface area (Å²) in [4.78, 5) is 6.70. The number of aromatic nitrogens is 1. The van der Waals surface area contributed by atoms with Crippen LogP contribution in [0.1, 0.15) is 25.8 Å². The summed E-state index contributed by atoms with van der Waals surface area (Å²) in [6, 6.07) is 2.09. The second-order valence-corrected chi connectivity index (χ2v) is 6.16. The van der Waals surface area contributed by atoms with Gasteiger partial charge in [-0.05, 0) is 30.5 Å². The molecule has 1 aromatic rings. The number of nitrogens with zero attached hydrogens (tertiary/aromatic N) is 2. The summed E-state index contributed by atoms with van der Waals surface area (Å²) < 4.78 is 5.40. The zero-order chi connectivity index (χ0) is 14.5. The predicted molar refractivity (Wildman–Crippen MR) is 83.4 cm³/mol. The van der Waals surface area contributed by atoms with Gasteiger partial charge in [-0.15, -0.1) is 0 Å². The molecule has 112 valence electrons. The van der Waals surface area contributed by atoms with Gasteiger partial charge in [0.15, 0.2) is 0 Å². The SMILES string of the molecule is COC1CCN(c2cc(CNCC(C)C)c(Cl)cn2)C1. The Kier molecular flexibility index (Phi) is 5.64. The van der Waals surface area contributed by atoms with E-state index in [2.05, 4.69) is 35.1 Å². The third kappa shape index (κ3) is 4.08. The highest BCUT2D eigenvalue weighted by atomic mass is 35.5. The molecule has 1 unspecified atom stereocenters. The van der Waals surface area contributed by atoms with Crippen LogP contribution in [-0.4, -0.2) is 37.8 Å². The number of hydrogen-bond donors (Lipinski definition) is 1. The minimum Gasteiger partial charge on any atom is -0.380 e. The van der Waals surface area contributed by atoms with E-state index < -0.39 is 0 Å². The van der Waals surface area contributed by atoms with Crippen molar-refractivity contribution >= 4 is 17.4 Å². The Balaban J connectivity index is 2.01. The first-order valence-electron chi connectivity index (χ1n) is 7.23. The number of halogens is 1. The molecule has 0 radical (unpaired) electrons. The molecule has 1 N–H and O–H groups in total. The third-order valence-corrected chi connectivity index (χ3v) is 3.93. The van der Waals surface area contributed by atoms with Gasteiger partial charge in [0, 0.05) is 32.9 Å². The van der Waals surface area contributed by atoms with Crippen molar-refractivity contribution in [3.8, 4) is 0 Å². The van der Waals surface area contributed by atoms with Gasteiger partial charge in [-0.25, -0.2) is 4.98 Å². The molecule has 1 aliphatic heterocycles. The predicted octanol–water partition coefficient (Wildman–Crippen LogP) is 2.71. The van der Waals surface area contributed by atoms with Gasteiger partial charge in [-0.1, -0.05) is 25.4 Å². The second-order valence-electron chi connectivity index (χ2n) is 5.75. The summed E-state index contributed by atoms with van der Waals surface area (Å²) in [6.07, 6.45) is 3.13. The molecule has 2 rings (SSSR count). The van der Waals surface area contributed by atoms with Gasteiger partial charge < -0.3 is 15.0 Å². The molecular weight excluding hydrogens is 274 g/mol. The van der Waals surface area contributed by atoms with Crippen LogP contribution in [0.3, 0.4) is 0 Å². The number of pyridine rings is 1. The molecule has 0 saturated carbocycles. The van der Waals surface area contributed by atoms with Crippen molar-refractivity contribution in [1.82, 2.24) is 10.3 Å². The molecule has 1 saturated heterocycles. The van der Waals surface area contributed by atoms with Crippen LogP contribution in [-0.2, 0) is 11.3 Å². The summed E-state index contributed by atoms with van der Waals surface area (Å²) in [5, 5.41) is 4.15. The number of nitrogens with one attached hydrogen (secondary N) is 1. The van der Waals surface area contributed by atoms with E-state index >= 15 is 0 Å². The Morgan fingerprint density at radius 1 is 1.55 bits per heavy atom. The van der Waals surface area contributed by atoms with E-state index in [-0.39, 0.29) is 0 Å². The second kappa shape index (κ2) is 7.25. The summed E-state index contributed by atoms with van der Waals surface area (Å²) in [7, 11) is 1.77. The van der Waals surface area contributed by atoms with Crippen LogP contribution in [0.2, 0.25) is 5.02 Å². The fourth-order valence-corrected chi connectivity index (χ4v) is 2.57. The van der Waals surface area contributed by atoms with Crippen molar-refractivity contribution in [3.63, 3.8) is 0 Å². The van der Waals surface area contributed by atoms with E-state index in [1.54, 1.807) is 13.3 Å². The first-order chi connectivity index (χ1) is 9.60. The van der Waals surface area contributed by atoms with Crippen LogP contribution < -0.4 is 10.2 Å². The maximum atomic E-state index is 6.23. The van der Waals surface area contributed by atoms with Gasteiger partial charge in [0.25, 0.3) is 0 Å². The van der Waals surface area contributed by atoms with E-state index in [9.17, 15) is 0 Å². The molecule has 0 amide bonds. The average Bonchev–Trinajstić information content (AvgIpc) is 2.89. The van der Waals surface area contributed by atoms with Crippen LogP contribution >= 0.6 is 11.6 Å². The van der Waals surface area contributed by atoms with Gasteiger partial charge in [0.2, 0.25) is 0 Å². The lowest BCUT2D eigenvalue weighted by Crippen LogP contribution is -2.24. The van der Waals surface area contributed by atoms with E-state index in [0.717, 1.165) is 49.0 Å². The van der Waals surface area contributed by atoms with Crippen molar-refractivity contribution in [2.24, 2.45) is 5.92 Å². The summed E-state index contributed by atoms with van der Waals surface area (Å²) >= 11 is 6.23. The number of hydrogen-bond acceptors (Lipinski definition) is 4. The van der Waals surface area contributed by atoms with Crippen molar-refractivity contribution in [1.29, 1.82) is 0 Å². The molecule has 20 heavy (non-hydrogen) atoms. The Labute approximate surface area is 126 Å². The van der Waals surface area contributed by atoms with Gasteiger partial charge in [0.05, 0.1) is 11.1 Å². The quantitative estimate of drug-likeness (QED) is 0.876. The van der Waals surface area contributed by atoms with Crippen molar-refractivity contribution in [2.75, 3.05) is 31.6 Å². The third-order valence-electron chi connectivity index (χ3n) is 3.59. The van der Waals surface area contributed by atoms with Crippen LogP contribution in [0, 0.1) is 5.92 Å². The minimum absolute atomic E-state index is 0.315. The maximum Gasteiger partial charge on any atom is 0.128 e. The van der Waals surface area contributed by atoms with E-state index in [1.807, 2.05) is 0 Å².